The van der Waals surface area contributed by atoms with E-state index in [1.165, 1.54) is 4.90 Å². The summed E-state index contributed by atoms with van der Waals surface area (Å²) in [6.45, 7) is 4.16. The predicted octanol–water partition coefficient (Wildman–Crippen LogP) is 2.05. The molecule has 4 heteroatoms. The number of hydrogen-bond donors (Lipinski definition) is 1. The first kappa shape index (κ1) is 13.6. The van der Waals surface area contributed by atoms with E-state index in [9.17, 15) is 9.59 Å². The molecule has 1 aromatic carbocycles. The van der Waals surface area contributed by atoms with Gasteiger partial charge in [-0.1, -0.05) is 24.6 Å². The van der Waals surface area contributed by atoms with Gasteiger partial charge < -0.3 is 10.2 Å². The molecule has 19 heavy (non-hydrogen) atoms. The van der Waals surface area contributed by atoms with Gasteiger partial charge in [0.1, 0.15) is 0 Å². The third-order valence-corrected chi connectivity index (χ3v) is 3.52. The van der Waals surface area contributed by atoms with Gasteiger partial charge in [0.15, 0.2) is 0 Å². The Morgan fingerprint density at radius 3 is 2.42 bits per heavy atom. The van der Waals surface area contributed by atoms with Gasteiger partial charge in [-0.3, -0.25) is 9.59 Å². The molecule has 0 aromatic heterocycles. The highest BCUT2D eigenvalue weighted by molar-refractivity contribution is 5.95. The quantitative estimate of drug-likeness (QED) is 0.900. The first-order chi connectivity index (χ1) is 8.97. The van der Waals surface area contributed by atoms with E-state index in [-0.39, 0.29) is 24.3 Å². The van der Waals surface area contributed by atoms with Gasteiger partial charge in [-0.25, -0.2) is 0 Å². The molecule has 0 radical (unpaired) electrons. The van der Waals surface area contributed by atoms with E-state index in [2.05, 4.69) is 12.2 Å². The van der Waals surface area contributed by atoms with Crippen molar-refractivity contribution in [2.45, 2.75) is 20.3 Å². The van der Waals surface area contributed by atoms with Crippen LogP contribution in [-0.4, -0.2) is 30.3 Å². The molecule has 1 aliphatic carbocycles. The number of nitrogens with zero attached hydrogens (tertiary/aromatic N) is 1. The predicted molar refractivity (Wildman–Crippen MR) is 74.7 cm³/mol. The minimum absolute atomic E-state index is 0.0755. The van der Waals surface area contributed by atoms with Crippen molar-refractivity contribution in [1.82, 2.24) is 4.90 Å². The van der Waals surface area contributed by atoms with Gasteiger partial charge in [-0.15, -0.1) is 0 Å². The third kappa shape index (κ3) is 3.56. The van der Waals surface area contributed by atoms with Crippen LogP contribution in [0.2, 0.25) is 0 Å². The van der Waals surface area contributed by atoms with E-state index in [4.69, 9.17) is 0 Å². The standard InChI is InChI=1S/C15H20N2O2/c1-10-4-6-12(7-5-10)16-14(18)9-17(3)15(19)13-8-11(13)2/h4-7,11,13H,8-9H2,1-3H3,(H,16,18)/t11-,13+/m0/s1. The SMILES string of the molecule is Cc1ccc(NC(=O)CN(C)C(=O)[C@@H]2C[C@@H]2C)cc1. The number of benzene rings is 1. The molecule has 2 rings (SSSR count). The summed E-state index contributed by atoms with van der Waals surface area (Å²) in [4.78, 5) is 25.2. The molecule has 1 N–H and O–H groups in total. The molecule has 0 spiro atoms. The lowest BCUT2D eigenvalue weighted by Crippen LogP contribution is -2.36. The van der Waals surface area contributed by atoms with Crippen molar-refractivity contribution in [1.29, 1.82) is 0 Å². The summed E-state index contributed by atoms with van der Waals surface area (Å²) in [5, 5.41) is 2.79. The van der Waals surface area contributed by atoms with E-state index in [0.29, 0.717) is 5.92 Å². The fourth-order valence-corrected chi connectivity index (χ4v) is 2.08. The van der Waals surface area contributed by atoms with Crippen LogP contribution in [0.1, 0.15) is 18.9 Å². The molecule has 2 amide bonds. The topological polar surface area (TPSA) is 49.4 Å². The molecule has 1 aliphatic rings. The van der Waals surface area contributed by atoms with Crippen LogP contribution in [0.5, 0.6) is 0 Å². The van der Waals surface area contributed by atoms with Crippen LogP contribution >= 0.6 is 0 Å². The van der Waals surface area contributed by atoms with Crippen molar-refractivity contribution in [3.05, 3.63) is 29.8 Å². The number of hydrogen-bond acceptors (Lipinski definition) is 2. The Bertz CT molecular complexity index is 481. The second kappa shape index (κ2) is 5.43. The number of anilines is 1. The second-order valence-electron chi connectivity index (χ2n) is 5.43. The van der Waals surface area contributed by atoms with Gasteiger partial charge in [0.05, 0.1) is 6.54 Å². The van der Waals surface area contributed by atoms with Crippen LogP contribution in [0.15, 0.2) is 24.3 Å². The Morgan fingerprint density at radius 2 is 1.89 bits per heavy atom. The van der Waals surface area contributed by atoms with E-state index in [1.807, 2.05) is 31.2 Å². The monoisotopic (exact) mass is 260 g/mol. The summed E-state index contributed by atoms with van der Waals surface area (Å²) in [6.07, 6.45) is 0.947. The van der Waals surface area contributed by atoms with Crippen LogP contribution < -0.4 is 5.32 Å². The molecule has 1 saturated carbocycles. The lowest BCUT2D eigenvalue weighted by atomic mass is 10.2. The smallest absolute Gasteiger partial charge is 0.243 e. The Balaban J connectivity index is 1.83. The summed E-state index contributed by atoms with van der Waals surface area (Å²) in [5.74, 6) is 0.506. The van der Waals surface area contributed by atoms with Crippen LogP contribution in [-0.2, 0) is 9.59 Å². The first-order valence-corrected chi connectivity index (χ1v) is 6.59. The molecule has 4 nitrogen and oxygen atoms in total. The van der Waals surface area contributed by atoms with Crippen molar-refractivity contribution in [2.75, 3.05) is 18.9 Å². The third-order valence-electron chi connectivity index (χ3n) is 3.52. The highest BCUT2D eigenvalue weighted by atomic mass is 16.2. The molecule has 0 saturated heterocycles. The Hall–Kier alpha value is -1.84. The van der Waals surface area contributed by atoms with Gasteiger partial charge in [-0.05, 0) is 31.4 Å². The van der Waals surface area contributed by atoms with Crippen molar-refractivity contribution < 1.29 is 9.59 Å². The molecule has 0 unspecified atom stereocenters. The summed E-state index contributed by atoms with van der Waals surface area (Å²) >= 11 is 0. The normalized spacial score (nSPS) is 20.8. The lowest BCUT2D eigenvalue weighted by molar-refractivity contribution is -0.134. The minimum Gasteiger partial charge on any atom is -0.336 e. The molecule has 2 atom stereocenters. The Kier molecular flexibility index (Phi) is 3.88. The Morgan fingerprint density at radius 1 is 1.32 bits per heavy atom. The van der Waals surface area contributed by atoms with Crippen molar-refractivity contribution in [3.8, 4) is 0 Å². The van der Waals surface area contributed by atoms with Gasteiger partial charge >= 0.3 is 0 Å². The van der Waals surface area contributed by atoms with E-state index in [1.54, 1.807) is 7.05 Å². The van der Waals surface area contributed by atoms with Crippen LogP contribution in [0, 0.1) is 18.8 Å². The zero-order valence-corrected chi connectivity index (χ0v) is 11.6. The summed E-state index contributed by atoms with van der Waals surface area (Å²) < 4.78 is 0. The Labute approximate surface area is 113 Å². The molecule has 1 fully saturated rings. The molecular weight excluding hydrogens is 240 g/mol. The fraction of sp³-hybridized carbons (Fsp3) is 0.467. The number of likely N-dealkylation sites (N-methyl/N-ethyl adjacent to an activating group) is 1. The average molecular weight is 260 g/mol. The first-order valence-electron chi connectivity index (χ1n) is 6.59. The maximum Gasteiger partial charge on any atom is 0.243 e. The van der Waals surface area contributed by atoms with E-state index in [0.717, 1.165) is 17.7 Å². The molecular formula is C15H20N2O2. The summed E-state index contributed by atoms with van der Waals surface area (Å²) in [6, 6.07) is 7.60. The zero-order valence-electron chi connectivity index (χ0n) is 11.6. The largest absolute Gasteiger partial charge is 0.336 e. The van der Waals surface area contributed by atoms with Crippen molar-refractivity contribution in [3.63, 3.8) is 0 Å². The van der Waals surface area contributed by atoms with E-state index < -0.39 is 0 Å². The zero-order chi connectivity index (χ0) is 14.0. The van der Waals surface area contributed by atoms with Gasteiger partial charge in [0, 0.05) is 18.7 Å². The minimum atomic E-state index is -0.159. The number of aryl methyl sites for hydroxylation is 1. The van der Waals surface area contributed by atoms with E-state index >= 15 is 0 Å². The number of nitrogens with one attached hydrogen (secondary N) is 1. The maximum atomic E-state index is 11.9. The van der Waals surface area contributed by atoms with Crippen molar-refractivity contribution in [2.24, 2.45) is 11.8 Å². The molecule has 1 aromatic rings. The fourth-order valence-electron chi connectivity index (χ4n) is 2.08. The van der Waals surface area contributed by atoms with Crippen molar-refractivity contribution >= 4 is 17.5 Å². The van der Waals surface area contributed by atoms with Crippen LogP contribution in [0.3, 0.4) is 0 Å². The highest BCUT2D eigenvalue weighted by Gasteiger charge is 2.40. The lowest BCUT2D eigenvalue weighted by Gasteiger charge is -2.16. The average Bonchev–Trinajstić information content (AvgIpc) is 3.08. The molecule has 0 heterocycles. The summed E-state index contributed by atoms with van der Waals surface area (Å²) in [7, 11) is 1.68. The molecule has 102 valence electrons. The van der Waals surface area contributed by atoms with Crippen LogP contribution in [0.4, 0.5) is 5.69 Å². The van der Waals surface area contributed by atoms with Gasteiger partial charge in [0.2, 0.25) is 11.8 Å². The van der Waals surface area contributed by atoms with Crippen LogP contribution in [0.25, 0.3) is 0 Å². The highest BCUT2D eigenvalue weighted by Crippen LogP contribution is 2.38. The van der Waals surface area contributed by atoms with Gasteiger partial charge in [0.25, 0.3) is 0 Å². The molecule has 0 bridgehead atoms. The number of carbonyl (C=O) groups excluding carboxylic acids is 2. The maximum absolute atomic E-state index is 11.9. The van der Waals surface area contributed by atoms with Gasteiger partial charge in [-0.2, -0.15) is 0 Å². The molecule has 0 aliphatic heterocycles. The second-order valence-corrected chi connectivity index (χ2v) is 5.43. The number of amides is 2. The number of carbonyl (C=O) groups is 2. The summed E-state index contributed by atoms with van der Waals surface area (Å²) in [5.41, 5.74) is 1.91. The number of rotatable bonds is 4.